The molecule has 0 aliphatic carbocycles. The van der Waals surface area contributed by atoms with Gasteiger partial charge in [-0.05, 0) is 29.5 Å². The van der Waals surface area contributed by atoms with Crippen LogP contribution >= 0.6 is 23.1 Å². The number of carbonyl (C=O) groups is 1. The second kappa shape index (κ2) is 7.65. The van der Waals surface area contributed by atoms with Gasteiger partial charge in [0.05, 0.1) is 0 Å². The Morgan fingerprint density at radius 3 is 2.77 bits per heavy atom. The fourth-order valence-corrected chi connectivity index (χ4v) is 4.42. The van der Waals surface area contributed by atoms with Gasteiger partial charge in [-0.1, -0.05) is 36.4 Å². The summed E-state index contributed by atoms with van der Waals surface area (Å²) in [5.41, 5.74) is 1.37. The summed E-state index contributed by atoms with van der Waals surface area (Å²) in [6.07, 6.45) is 4.65. The summed E-state index contributed by atoms with van der Waals surface area (Å²) >= 11 is 3.61. The van der Waals surface area contributed by atoms with Crippen LogP contribution in [0.4, 0.5) is 0 Å². The van der Waals surface area contributed by atoms with Gasteiger partial charge in [-0.15, -0.1) is 11.3 Å². The minimum Gasteiger partial charge on any atom is -0.338 e. The first kappa shape index (κ1) is 15.4. The van der Waals surface area contributed by atoms with E-state index in [0.29, 0.717) is 5.25 Å². The zero-order chi connectivity index (χ0) is 15.2. The first-order valence-corrected chi connectivity index (χ1v) is 9.43. The largest absolute Gasteiger partial charge is 0.338 e. The van der Waals surface area contributed by atoms with Gasteiger partial charge in [0.2, 0.25) is 5.91 Å². The first-order valence-electron chi connectivity index (χ1n) is 7.50. The molecule has 1 amide bonds. The maximum atomic E-state index is 12.3. The number of benzene rings is 1. The molecule has 0 spiro atoms. The van der Waals surface area contributed by atoms with Crippen molar-refractivity contribution in [3.63, 3.8) is 0 Å². The van der Waals surface area contributed by atoms with E-state index in [4.69, 9.17) is 0 Å². The molecule has 2 heterocycles. The fraction of sp³-hybridized carbons (Fsp3) is 0.278. The van der Waals surface area contributed by atoms with Gasteiger partial charge in [0, 0.05) is 35.0 Å². The van der Waals surface area contributed by atoms with Crippen molar-refractivity contribution < 1.29 is 4.79 Å². The van der Waals surface area contributed by atoms with E-state index in [1.54, 1.807) is 17.4 Å². The Balaban J connectivity index is 1.59. The zero-order valence-electron chi connectivity index (χ0n) is 12.4. The summed E-state index contributed by atoms with van der Waals surface area (Å²) in [5, 5.41) is 2.53. The SMILES string of the molecule is O=C(/C=C/c1cccs1)N1CCS[C@@H](c2ccccc2)CC1. The quantitative estimate of drug-likeness (QED) is 0.775. The summed E-state index contributed by atoms with van der Waals surface area (Å²) in [5.74, 6) is 1.13. The van der Waals surface area contributed by atoms with E-state index >= 15 is 0 Å². The van der Waals surface area contributed by atoms with Crippen LogP contribution in [0.3, 0.4) is 0 Å². The summed E-state index contributed by atoms with van der Waals surface area (Å²) < 4.78 is 0. The minimum absolute atomic E-state index is 0.128. The Morgan fingerprint density at radius 2 is 2.00 bits per heavy atom. The van der Waals surface area contributed by atoms with Crippen molar-refractivity contribution in [3.8, 4) is 0 Å². The molecule has 1 aliphatic rings. The Morgan fingerprint density at radius 1 is 1.14 bits per heavy atom. The van der Waals surface area contributed by atoms with E-state index in [2.05, 4.69) is 30.3 Å². The Hall–Kier alpha value is -1.52. The monoisotopic (exact) mass is 329 g/mol. The molecule has 114 valence electrons. The summed E-state index contributed by atoms with van der Waals surface area (Å²) in [6.45, 7) is 1.67. The zero-order valence-corrected chi connectivity index (χ0v) is 14.0. The normalized spacial score (nSPS) is 19.3. The highest BCUT2D eigenvalue weighted by atomic mass is 32.2. The molecule has 0 unspecified atom stereocenters. The molecule has 2 aromatic rings. The molecule has 1 atom stereocenters. The molecular weight excluding hydrogens is 310 g/mol. The van der Waals surface area contributed by atoms with Crippen molar-refractivity contribution in [2.75, 3.05) is 18.8 Å². The number of thiophene rings is 1. The molecule has 1 saturated heterocycles. The molecule has 0 radical (unpaired) electrons. The number of rotatable bonds is 3. The lowest BCUT2D eigenvalue weighted by atomic mass is 10.1. The van der Waals surface area contributed by atoms with E-state index in [0.717, 1.165) is 30.1 Å². The van der Waals surface area contributed by atoms with Gasteiger partial charge in [0.1, 0.15) is 0 Å². The van der Waals surface area contributed by atoms with Crippen LogP contribution in [-0.4, -0.2) is 29.6 Å². The molecule has 22 heavy (non-hydrogen) atoms. The molecule has 1 aliphatic heterocycles. The third-order valence-electron chi connectivity index (χ3n) is 3.76. The molecule has 1 aromatic carbocycles. The van der Waals surface area contributed by atoms with Gasteiger partial charge >= 0.3 is 0 Å². The van der Waals surface area contributed by atoms with Gasteiger partial charge in [0.25, 0.3) is 0 Å². The van der Waals surface area contributed by atoms with Crippen LogP contribution < -0.4 is 0 Å². The number of nitrogens with zero attached hydrogens (tertiary/aromatic N) is 1. The third-order valence-corrected chi connectivity index (χ3v) is 5.92. The van der Waals surface area contributed by atoms with Crippen molar-refractivity contribution in [1.82, 2.24) is 4.90 Å². The van der Waals surface area contributed by atoms with Gasteiger partial charge in [0.15, 0.2) is 0 Å². The average molecular weight is 329 g/mol. The minimum atomic E-state index is 0.128. The smallest absolute Gasteiger partial charge is 0.246 e. The first-order chi connectivity index (χ1) is 10.8. The van der Waals surface area contributed by atoms with Crippen molar-refractivity contribution in [1.29, 1.82) is 0 Å². The Labute approximate surface area is 139 Å². The number of hydrogen-bond acceptors (Lipinski definition) is 3. The molecule has 1 fully saturated rings. The molecule has 1 aromatic heterocycles. The number of carbonyl (C=O) groups excluding carboxylic acids is 1. The Bertz CT molecular complexity index is 622. The number of thioether (sulfide) groups is 1. The highest BCUT2D eigenvalue weighted by Crippen LogP contribution is 2.34. The number of amides is 1. The maximum Gasteiger partial charge on any atom is 0.246 e. The van der Waals surface area contributed by atoms with Crippen LogP contribution in [0.15, 0.2) is 53.9 Å². The highest BCUT2D eigenvalue weighted by Gasteiger charge is 2.20. The van der Waals surface area contributed by atoms with Crippen molar-refractivity contribution in [2.24, 2.45) is 0 Å². The third kappa shape index (κ3) is 4.02. The van der Waals surface area contributed by atoms with Crippen molar-refractivity contribution in [3.05, 3.63) is 64.4 Å². The van der Waals surface area contributed by atoms with E-state index < -0.39 is 0 Å². The highest BCUT2D eigenvalue weighted by molar-refractivity contribution is 7.99. The molecule has 4 heteroatoms. The van der Waals surface area contributed by atoms with E-state index in [1.165, 1.54) is 5.56 Å². The molecule has 0 saturated carbocycles. The van der Waals surface area contributed by atoms with E-state index in [9.17, 15) is 4.79 Å². The van der Waals surface area contributed by atoms with Gasteiger partial charge < -0.3 is 4.90 Å². The topological polar surface area (TPSA) is 20.3 Å². The standard InChI is InChI=1S/C18H19NOS2/c20-18(9-8-16-7-4-13-21-16)19-11-10-17(22-14-12-19)15-5-2-1-3-6-15/h1-9,13,17H,10-12,14H2/b9-8+/t17-/m1/s1. The fourth-order valence-electron chi connectivity index (χ4n) is 2.57. The second-order valence-electron chi connectivity index (χ2n) is 5.23. The lowest BCUT2D eigenvalue weighted by Gasteiger charge is -2.18. The van der Waals surface area contributed by atoms with Crippen LogP contribution in [-0.2, 0) is 4.79 Å². The van der Waals surface area contributed by atoms with Crippen molar-refractivity contribution in [2.45, 2.75) is 11.7 Å². The van der Waals surface area contributed by atoms with Crippen LogP contribution in [0.2, 0.25) is 0 Å². The van der Waals surface area contributed by atoms with Crippen LogP contribution in [0.1, 0.15) is 22.1 Å². The Kier molecular flexibility index (Phi) is 5.35. The van der Waals surface area contributed by atoms with Crippen molar-refractivity contribution >= 4 is 35.1 Å². The summed E-state index contributed by atoms with van der Waals surface area (Å²) in [7, 11) is 0. The average Bonchev–Trinajstić information content (AvgIpc) is 2.96. The van der Waals surface area contributed by atoms with Gasteiger partial charge in [-0.2, -0.15) is 11.8 Å². The molecule has 3 rings (SSSR count). The maximum absolute atomic E-state index is 12.3. The molecule has 2 nitrogen and oxygen atoms in total. The van der Waals surface area contributed by atoms with E-state index in [1.807, 2.05) is 40.3 Å². The summed E-state index contributed by atoms with van der Waals surface area (Å²) in [6, 6.07) is 14.6. The van der Waals surface area contributed by atoms with Gasteiger partial charge in [-0.3, -0.25) is 4.79 Å². The van der Waals surface area contributed by atoms with E-state index in [-0.39, 0.29) is 5.91 Å². The molecule has 0 N–H and O–H groups in total. The predicted octanol–water partition coefficient (Wildman–Crippen LogP) is 4.47. The molecular formula is C18H19NOS2. The number of hydrogen-bond donors (Lipinski definition) is 0. The van der Waals surface area contributed by atoms with Crippen LogP contribution in [0, 0.1) is 0 Å². The van der Waals surface area contributed by atoms with Crippen LogP contribution in [0.25, 0.3) is 6.08 Å². The predicted molar refractivity (Wildman–Crippen MR) is 96.2 cm³/mol. The second-order valence-corrected chi connectivity index (χ2v) is 7.52. The molecule has 0 bridgehead atoms. The van der Waals surface area contributed by atoms with Gasteiger partial charge in [-0.25, -0.2) is 0 Å². The van der Waals surface area contributed by atoms with Crippen LogP contribution in [0.5, 0.6) is 0 Å². The lowest BCUT2D eigenvalue weighted by molar-refractivity contribution is -0.125. The summed E-state index contributed by atoms with van der Waals surface area (Å²) in [4.78, 5) is 15.4. The lowest BCUT2D eigenvalue weighted by Crippen LogP contribution is -2.31.